The van der Waals surface area contributed by atoms with Crippen molar-refractivity contribution in [3.05, 3.63) is 101 Å². The van der Waals surface area contributed by atoms with Gasteiger partial charge in [0.2, 0.25) is 12.6 Å². The standard InChI is InChI=1S/C28H17ClN2O6/c29-15-5-7-20-14(9-15)10-23(37-20)26(32)24-25(18-12-30-19-4-2-1-3-17(18)19)31(28(34)27(24)33)16-6-8-21-22(11-16)36-13-35-21/h1-12,25,30,33H,13H2. The number of carbonyl (C=O) groups is 2. The van der Waals surface area contributed by atoms with Crippen molar-refractivity contribution < 1.29 is 28.6 Å². The number of anilines is 1. The Morgan fingerprint density at radius 3 is 2.76 bits per heavy atom. The van der Waals surface area contributed by atoms with E-state index >= 15 is 0 Å². The lowest BCUT2D eigenvalue weighted by molar-refractivity contribution is -0.117. The van der Waals surface area contributed by atoms with E-state index in [-0.39, 0.29) is 18.1 Å². The van der Waals surface area contributed by atoms with E-state index in [1.54, 1.807) is 48.7 Å². The maximum Gasteiger partial charge on any atom is 0.294 e. The van der Waals surface area contributed by atoms with Crippen molar-refractivity contribution in [1.82, 2.24) is 4.98 Å². The molecule has 0 saturated heterocycles. The number of hydrogen-bond acceptors (Lipinski definition) is 6. The molecule has 2 aromatic heterocycles. The number of halogens is 1. The summed E-state index contributed by atoms with van der Waals surface area (Å²) in [6.45, 7) is 0.0713. The lowest BCUT2D eigenvalue weighted by Crippen LogP contribution is -2.30. The molecule has 0 radical (unpaired) electrons. The Kier molecular flexibility index (Phi) is 4.61. The minimum Gasteiger partial charge on any atom is -0.503 e. The van der Waals surface area contributed by atoms with Crippen molar-refractivity contribution in [2.24, 2.45) is 0 Å². The molecule has 2 aliphatic heterocycles. The Morgan fingerprint density at radius 1 is 1.03 bits per heavy atom. The van der Waals surface area contributed by atoms with Crippen molar-refractivity contribution in [1.29, 1.82) is 0 Å². The second kappa shape index (κ2) is 7.91. The smallest absolute Gasteiger partial charge is 0.294 e. The molecule has 0 bridgehead atoms. The molecule has 8 nitrogen and oxygen atoms in total. The minimum atomic E-state index is -0.937. The number of furan rings is 1. The summed E-state index contributed by atoms with van der Waals surface area (Å²) in [5.41, 5.74) is 2.29. The second-order valence-corrected chi connectivity index (χ2v) is 9.23. The average molecular weight is 513 g/mol. The number of aliphatic hydroxyl groups is 1. The third-order valence-corrected chi connectivity index (χ3v) is 6.94. The Hall–Kier alpha value is -4.69. The summed E-state index contributed by atoms with van der Waals surface area (Å²) in [4.78, 5) is 32.0. The molecule has 37 heavy (non-hydrogen) atoms. The van der Waals surface area contributed by atoms with Gasteiger partial charge in [0, 0.05) is 44.8 Å². The number of amides is 1. The van der Waals surface area contributed by atoms with E-state index in [9.17, 15) is 14.7 Å². The zero-order valence-corrected chi connectivity index (χ0v) is 19.8. The summed E-state index contributed by atoms with van der Waals surface area (Å²) >= 11 is 6.10. The van der Waals surface area contributed by atoms with Crippen LogP contribution >= 0.6 is 11.6 Å². The summed E-state index contributed by atoms with van der Waals surface area (Å²) < 4.78 is 16.7. The molecular formula is C28H17ClN2O6. The van der Waals surface area contributed by atoms with Crippen LogP contribution in [0.1, 0.15) is 22.2 Å². The molecule has 1 amide bonds. The van der Waals surface area contributed by atoms with E-state index in [2.05, 4.69) is 4.98 Å². The van der Waals surface area contributed by atoms with Gasteiger partial charge >= 0.3 is 0 Å². The first-order valence-electron chi connectivity index (χ1n) is 11.5. The molecule has 0 aliphatic carbocycles. The first-order chi connectivity index (χ1) is 18.0. The molecule has 0 saturated carbocycles. The van der Waals surface area contributed by atoms with Gasteiger partial charge in [-0.05, 0) is 42.5 Å². The largest absolute Gasteiger partial charge is 0.503 e. The zero-order chi connectivity index (χ0) is 25.3. The number of fused-ring (bicyclic) bond motifs is 3. The topological polar surface area (TPSA) is 105 Å². The summed E-state index contributed by atoms with van der Waals surface area (Å²) in [6.07, 6.45) is 1.74. The average Bonchev–Trinajstić information content (AvgIpc) is 3.68. The number of aromatic nitrogens is 1. The van der Waals surface area contributed by atoms with Gasteiger partial charge in [-0.25, -0.2) is 0 Å². The van der Waals surface area contributed by atoms with E-state index < -0.39 is 23.5 Å². The van der Waals surface area contributed by atoms with Crippen molar-refractivity contribution in [2.75, 3.05) is 11.7 Å². The number of nitrogens with zero attached hydrogens (tertiary/aromatic N) is 1. The summed E-state index contributed by atoms with van der Waals surface area (Å²) in [7, 11) is 0. The predicted molar refractivity (Wildman–Crippen MR) is 136 cm³/mol. The molecule has 4 heterocycles. The number of ketones is 1. The highest BCUT2D eigenvalue weighted by Crippen LogP contribution is 2.46. The number of aliphatic hydroxyl groups excluding tert-OH is 1. The first-order valence-corrected chi connectivity index (χ1v) is 11.8. The first kappa shape index (κ1) is 21.6. The molecule has 7 rings (SSSR count). The van der Waals surface area contributed by atoms with Crippen LogP contribution in [0.4, 0.5) is 5.69 Å². The summed E-state index contributed by atoms with van der Waals surface area (Å²) in [6, 6.07) is 18.2. The molecule has 0 fully saturated rings. The lowest BCUT2D eigenvalue weighted by Gasteiger charge is -2.26. The maximum atomic E-state index is 13.9. The van der Waals surface area contributed by atoms with E-state index in [1.165, 1.54) is 4.90 Å². The fourth-order valence-corrected chi connectivity index (χ4v) is 5.19. The normalized spacial score (nSPS) is 16.9. The monoisotopic (exact) mass is 512 g/mol. The van der Waals surface area contributed by atoms with E-state index in [0.717, 1.165) is 10.9 Å². The van der Waals surface area contributed by atoms with Gasteiger partial charge in [-0.1, -0.05) is 29.8 Å². The minimum absolute atomic E-state index is 0.0102. The molecule has 0 spiro atoms. The Bertz CT molecular complexity index is 1800. The molecule has 9 heteroatoms. The highest BCUT2D eigenvalue weighted by Gasteiger charge is 2.46. The Balaban J connectivity index is 1.41. The highest BCUT2D eigenvalue weighted by molar-refractivity contribution is 6.31. The van der Waals surface area contributed by atoms with Crippen LogP contribution in [0.5, 0.6) is 11.5 Å². The fourth-order valence-electron chi connectivity index (χ4n) is 5.01. The molecule has 1 unspecified atom stereocenters. The SMILES string of the molecule is O=C(C1=C(O)C(=O)N(c2ccc3c(c2)OCO3)C1c1c[nH]c2ccccc12)c1cc2cc(Cl)ccc2o1. The number of Topliss-reactive ketones (excluding diaryl/α,β-unsaturated/α-hetero) is 1. The van der Waals surface area contributed by atoms with Crippen molar-refractivity contribution in [3.8, 4) is 11.5 Å². The lowest BCUT2D eigenvalue weighted by atomic mass is 9.94. The number of nitrogens with one attached hydrogen (secondary N) is 1. The van der Waals surface area contributed by atoms with E-state index in [1.807, 2.05) is 24.3 Å². The number of H-pyrrole nitrogens is 1. The van der Waals surface area contributed by atoms with Gasteiger partial charge in [0.25, 0.3) is 5.91 Å². The molecule has 2 N–H and O–H groups in total. The number of carbonyl (C=O) groups excluding carboxylic acids is 2. The summed E-state index contributed by atoms with van der Waals surface area (Å²) in [5, 5.41) is 13.1. The van der Waals surface area contributed by atoms with Crippen molar-refractivity contribution in [2.45, 2.75) is 6.04 Å². The third kappa shape index (κ3) is 3.23. The van der Waals surface area contributed by atoms with Crippen LogP contribution in [0.15, 0.2) is 88.7 Å². The van der Waals surface area contributed by atoms with Crippen LogP contribution in [-0.2, 0) is 4.79 Å². The Labute approximate surface area is 214 Å². The van der Waals surface area contributed by atoms with Crippen LogP contribution in [0.2, 0.25) is 5.02 Å². The number of ether oxygens (including phenoxy) is 2. The molecule has 2 aliphatic rings. The van der Waals surface area contributed by atoms with Gasteiger partial charge < -0.3 is 24.0 Å². The zero-order valence-electron chi connectivity index (χ0n) is 19.0. The van der Waals surface area contributed by atoms with Gasteiger partial charge in [0.05, 0.1) is 11.6 Å². The van der Waals surface area contributed by atoms with Crippen molar-refractivity contribution in [3.63, 3.8) is 0 Å². The molecule has 182 valence electrons. The fraction of sp³-hybridized carbons (Fsp3) is 0.0714. The number of aromatic amines is 1. The van der Waals surface area contributed by atoms with Crippen LogP contribution in [0.25, 0.3) is 21.9 Å². The van der Waals surface area contributed by atoms with Gasteiger partial charge in [-0.2, -0.15) is 0 Å². The van der Waals surface area contributed by atoms with Crippen LogP contribution < -0.4 is 14.4 Å². The van der Waals surface area contributed by atoms with E-state index in [4.69, 9.17) is 25.5 Å². The molecule has 3 aromatic carbocycles. The predicted octanol–water partition coefficient (Wildman–Crippen LogP) is 6.08. The van der Waals surface area contributed by atoms with Gasteiger partial charge in [-0.3, -0.25) is 14.5 Å². The van der Waals surface area contributed by atoms with Crippen LogP contribution in [0, 0.1) is 0 Å². The van der Waals surface area contributed by atoms with Gasteiger partial charge in [0.15, 0.2) is 23.0 Å². The number of hydrogen-bond donors (Lipinski definition) is 2. The molecular weight excluding hydrogens is 496 g/mol. The molecule has 1 atom stereocenters. The van der Waals surface area contributed by atoms with Crippen LogP contribution in [-0.4, -0.2) is 28.6 Å². The maximum absolute atomic E-state index is 13.9. The van der Waals surface area contributed by atoms with Gasteiger partial charge in [-0.15, -0.1) is 0 Å². The number of para-hydroxylation sites is 1. The molecule has 5 aromatic rings. The third-order valence-electron chi connectivity index (χ3n) is 6.71. The highest BCUT2D eigenvalue weighted by atomic mass is 35.5. The van der Waals surface area contributed by atoms with Crippen LogP contribution in [0.3, 0.4) is 0 Å². The Morgan fingerprint density at radius 2 is 1.86 bits per heavy atom. The summed E-state index contributed by atoms with van der Waals surface area (Å²) in [5.74, 6) is -0.946. The van der Waals surface area contributed by atoms with E-state index in [0.29, 0.717) is 38.7 Å². The number of benzene rings is 3. The van der Waals surface area contributed by atoms with Crippen molar-refractivity contribution >= 4 is 50.9 Å². The van der Waals surface area contributed by atoms with Gasteiger partial charge in [0.1, 0.15) is 5.58 Å². The second-order valence-electron chi connectivity index (χ2n) is 8.79. The quantitative estimate of drug-likeness (QED) is 0.283. The number of rotatable bonds is 4.